The number of aromatic nitrogens is 3. The lowest BCUT2D eigenvalue weighted by Gasteiger charge is -2.56. The Morgan fingerprint density at radius 1 is 1.10 bits per heavy atom. The van der Waals surface area contributed by atoms with Crippen LogP contribution in [0.3, 0.4) is 0 Å². The molecule has 0 spiro atoms. The molecule has 2 aromatic heterocycles. The van der Waals surface area contributed by atoms with Crippen LogP contribution in [0.25, 0.3) is 11.2 Å². The minimum Gasteiger partial charge on any atom is -0.245 e. The Bertz CT molecular complexity index is 655. The smallest absolute Gasteiger partial charge is 0.170 e. The zero-order valence-corrected chi connectivity index (χ0v) is 13.0. The Hall–Kier alpha value is -0.900. The van der Waals surface area contributed by atoms with Crippen molar-refractivity contribution < 1.29 is 0 Å². The molecule has 6 rings (SSSR count). The molecular formula is C16H18BrN3. The van der Waals surface area contributed by atoms with Gasteiger partial charge in [-0.25, -0.2) is 13.6 Å². The highest BCUT2D eigenvalue weighted by atomic mass is 79.9. The van der Waals surface area contributed by atoms with Crippen LogP contribution in [0.15, 0.2) is 18.3 Å². The highest BCUT2D eigenvalue weighted by molar-refractivity contribution is 9.08. The lowest BCUT2D eigenvalue weighted by Crippen LogP contribution is -2.49. The number of nitrogens with zero attached hydrogens (tertiary/aromatic N) is 3. The largest absolute Gasteiger partial charge is 0.245 e. The van der Waals surface area contributed by atoms with Crippen molar-refractivity contribution >= 4 is 27.3 Å². The van der Waals surface area contributed by atoms with E-state index in [-0.39, 0.29) is 0 Å². The van der Waals surface area contributed by atoms with Gasteiger partial charge < -0.3 is 0 Å². The number of imidazole rings is 1. The van der Waals surface area contributed by atoms with Crippen LogP contribution in [0.1, 0.15) is 44.3 Å². The van der Waals surface area contributed by atoms with Crippen LogP contribution in [0.5, 0.6) is 0 Å². The van der Waals surface area contributed by atoms with Gasteiger partial charge in [0.15, 0.2) is 5.65 Å². The summed E-state index contributed by atoms with van der Waals surface area (Å²) in [6, 6.07) is 4.05. The average Bonchev–Trinajstić information content (AvgIpc) is 2.76. The van der Waals surface area contributed by atoms with Crippen molar-refractivity contribution in [2.75, 3.05) is 0 Å². The minimum absolute atomic E-state index is 0.318. The van der Waals surface area contributed by atoms with E-state index >= 15 is 0 Å². The molecule has 0 atom stereocenters. The summed E-state index contributed by atoms with van der Waals surface area (Å²) in [5.41, 5.74) is 2.31. The zero-order chi connectivity index (χ0) is 13.3. The van der Waals surface area contributed by atoms with E-state index in [1.807, 2.05) is 12.3 Å². The fraction of sp³-hybridized carbons (Fsp3) is 0.625. The maximum absolute atomic E-state index is 4.96. The maximum Gasteiger partial charge on any atom is 0.170 e. The molecule has 4 saturated carbocycles. The average molecular weight is 332 g/mol. The number of pyridine rings is 1. The summed E-state index contributed by atoms with van der Waals surface area (Å²) in [6.07, 6.45) is 10.3. The lowest BCUT2D eigenvalue weighted by molar-refractivity contribution is -0.00921. The van der Waals surface area contributed by atoms with Crippen LogP contribution in [0, 0.1) is 17.8 Å². The topological polar surface area (TPSA) is 30.7 Å². The molecule has 2 aromatic rings. The first-order valence-electron chi connectivity index (χ1n) is 7.74. The van der Waals surface area contributed by atoms with Crippen molar-refractivity contribution in [2.24, 2.45) is 17.8 Å². The van der Waals surface area contributed by atoms with Gasteiger partial charge in [-0.2, -0.15) is 0 Å². The molecule has 0 saturated heterocycles. The molecule has 0 unspecified atom stereocenters. The van der Waals surface area contributed by atoms with Gasteiger partial charge in [-0.1, -0.05) is 0 Å². The molecule has 4 fully saturated rings. The predicted octanol–water partition coefficient (Wildman–Crippen LogP) is 4.06. The lowest BCUT2D eigenvalue weighted by atomic mass is 9.49. The van der Waals surface area contributed by atoms with Crippen LogP contribution in [-0.4, -0.2) is 13.6 Å². The first kappa shape index (κ1) is 11.7. The third kappa shape index (κ3) is 1.46. The molecule has 4 heteroatoms. The molecular weight excluding hydrogens is 314 g/mol. The maximum atomic E-state index is 4.96. The van der Waals surface area contributed by atoms with Gasteiger partial charge in [0, 0.05) is 11.6 Å². The van der Waals surface area contributed by atoms with Gasteiger partial charge >= 0.3 is 0 Å². The normalized spacial score (nSPS) is 38.8. The van der Waals surface area contributed by atoms with Gasteiger partial charge in [-0.3, -0.25) is 0 Å². The molecule has 20 heavy (non-hydrogen) atoms. The first-order valence-corrected chi connectivity index (χ1v) is 8.44. The van der Waals surface area contributed by atoms with Crippen LogP contribution in [0.4, 0.5) is 0 Å². The van der Waals surface area contributed by atoms with Crippen LogP contribution >= 0.6 is 16.1 Å². The van der Waals surface area contributed by atoms with Crippen molar-refractivity contribution in [3.05, 3.63) is 24.2 Å². The summed E-state index contributed by atoms with van der Waals surface area (Å²) < 4.78 is 2.09. The Kier molecular flexibility index (Phi) is 2.25. The zero-order valence-electron chi connectivity index (χ0n) is 11.4. The Balaban J connectivity index is 1.69. The molecule has 0 aliphatic heterocycles. The van der Waals surface area contributed by atoms with Crippen molar-refractivity contribution in [1.29, 1.82) is 0 Å². The second-order valence-electron chi connectivity index (χ2n) is 7.26. The fourth-order valence-corrected chi connectivity index (χ4v) is 6.33. The molecule has 0 radical (unpaired) electrons. The van der Waals surface area contributed by atoms with E-state index in [2.05, 4.69) is 30.8 Å². The number of rotatable bonds is 1. The quantitative estimate of drug-likeness (QED) is 0.788. The van der Waals surface area contributed by atoms with Crippen LogP contribution in [-0.2, 0) is 5.41 Å². The van der Waals surface area contributed by atoms with Crippen molar-refractivity contribution in [2.45, 2.75) is 43.9 Å². The Morgan fingerprint density at radius 3 is 2.35 bits per heavy atom. The van der Waals surface area contributed by atoms with E-state index in [1.165, 1.54) is 44.3 Å². The van der Waals surface area contributed by atoms with E-state index in [1.54, 1.807) is 0 Å². The molecule has 0 N–H and O–H groups in total. The van der Waals surface area contributed by atoms with Gasteiger partial charge in [0.25, 0.3) is 0 Å². The molecule has 4 aliphatic rings. The van der Waals surface area contributed by atoms with E-state index in [4.69, 9.17) is 4.98 Å². The third-order valence-corrected chi connectivity index (χ3v) is 6.55. The summed E-state index contributed by atoms with van der Waals surface area (Å²) in [4.78, 5) is 9.44. The van der Waals surface area contributed by atoms with Gasteiger partial charge in [0.1, 0.15) is 11.3 Å². The molecule has 0 aromatic carbocycles. The molecule has 0 amide bonds. The summed E-state index contributed by atoms with van der Waals surface area (Å²) in [7, 11) is 0. The molecule has 104 valence electrons. The summed E-state index contributed by atoms with van der Waals surface area (Å²) in [5.74, 6) is 4.08. The van der Waals surface area contributed by atoms with E-state index in [9.17, 15) is 0 Å². The second-order valence-corrected chi connectivity index (χ2v) is 7.97. The minimum atomic E-state index is 0.318. The SMILES string of the molecule is Brn1c(C23CC4CC(CC(C4)C2)C3)nc2cccnc21. The monoisotopic (exact) mass is 331 g/mol. The number of hydrogen-bond acceptors (Lipinski definition) is 2. The Morgan fingerprint density at radius 2 is 1.75 bits per heavy atom. The third-order valence-electron chi connectivity index (χ3n) is 5.88. The highest BCUT2D eigenvalue weighted by Crippen LogP contribution is 2.60. The van der Waals surface area contributed by atoms with E-state index < -0.39 is 0 Å². The fourth-order valence-electron chi connectivity index (χ4n) is 5.60. The number of halogens is 1. The van der Waals surface area contributed by atoms with Crippen molar-refractivity contribution in [1.82, 2.24) is 13.6 Å². The number of hydrogen-bond donors (Lipinski definition) is 0. The molecule has 4 aliphatic carbocycles. The highest BCUT2D eigenvalue weighted by Gasteiger charge is 2.53. The van der Waals surface area contributed by atoms with Gasteiger partial charge in [0.2, 0.25) is 0 Å². The van der Waals surface area contributed by atoms with E-state index in [0.717, 1.165) is 28.9 Å². The van der Waals surface area contributed by atoms with Crippen LogP contribution in [0.2, 0.25) is 0 Å². The van der Waals surface area contributed by atoms with Crippen LogP contribution < -0.4 is 0 Å². The summed E-state index contributed by atoms with van der Waals surface area (Å²) >= 11 is 3.73. The molecule has 2 heterocycles. The Labute approximate surface area is 127 Å². The van der Waals surface area contributed by atoms with Crippen molar-refractivity contribution in [3.8, 4) is 0 Å². The first-order chi connectivity index (χ1) is 9.73. The van der Waals surface area contributed by atoms with Gasteiger partial charge in [-0.05, 0) is 68.4 Å². The van der Waals surface area contributed by atoms with E-state index in [0.29, 0.717) is 5.41 Å². The molecule has 4 bridgehead atoms. The summed E-state index contributed by atoms with van der Waals surface area (Å²) in [6.45, 7) is 0. The van der Waals surface area contributed by atoms with Crippen molar-refractivity contribution in [3.63, 3.8) is 0 Å². The summed E-state index contributed by atoms with van der Waals surface area (Å²) in [5, 5.41) is 0. The number of fused-ring (bicyclic) bond motifs is 1. The molecule has 3 nitrogen and oxygen atoms in total. The standard InChI is InChI=1S/C16H18BrN3/c17-20-14-13(2-1-3-18-14)19-15(20)16-7-10-4-11(8-16)6-12(5-10)9-16/h1-3,10-12H,4-9H2. The predicted molar refractivity (Wildman–Crippen MR) is 81.7 cm³/mol. The second kappa shape index (κ2) is 3.85. The van der Waals surface area contributed by atoms with Gasteiger partial charge in [-0.15, -0.1) is 0 Å². The van der Waals surface area contributed by atoms with Gasteiger partial charge in [0.05, 0.1) is 16.1 Å².